The summed E-state index contributed by atoms with van der Waals surface area (Å²) in [5.41, 5.74) is 0.130. The zero-order valence-corrected chi connectivity index (χ0v) is 13.3. The van der Waals surface area contributed by atoms with Crippen LogP contribution in [-0.2, 0) is 19.1 Å². The van der Waals surface area contributed by atoms with Gasteiger partial charge in [-0.3, -0.25) is 4.79 Å². The number of methoxy groups -OCH3 is 1. The molecular weight excluding hydrogens is 305 g/mol. The van der Waals surface area contributed by atoms with Crippen molar-refractivity contribution in [3.05, 3.63) is 35.6 Å². The molecule has 6 nitrogen and oxygen atoms in total. The Bertz CT molecular complexity index is 558. The fourth-order valence-electron chi connectivity index (χ4n) is 1.81. The lowest BCUT2D eigenvalue weighted by Crippen LogP contribution is -2.47. The normalized spacial score (nSPS) is 12.9. The highest BCUT2D eigenvalue weighted by Gasteiger charge is 2.26. The molecule has 0 unspecified atom stereocenters. The summed E-state index contributed by atoms with van der Waals surface area (Å²) in [6.07, 6.45) is 0.662. The van der Waals surface area contributed by atoms with Crippen molar-refractivity contribution in [3.63, 3.8) is 0 Å². The lowest BCUT2D eigenvalue weighted by molar-refractivity contribution is -0.147. The summed E-state index contributed by atoms with van der Waals surface area (Å²) < 4.78 is 22.2. The third kappa shape index (κ3) is 5.69. The van der Waals surface area contributed by atoms with E-state index in [0.29, 0.717) is 6.42 Å². The quantitative estimate of drug-likeness (QED) is 0.772. The summed E-state index contributed by atoms with van der Waals surface area (Å²) >= 11 is 0. The molecule has 23 heavy (non-hydrogen) atoms. The van der Waals surface area contributed by atoms with Gasteiger partial charge in [0.2, 0.25) is 0 Å². The second kappa shape index (κ2) is 8.87. The van der Waals surface area contributed by atoms with Crippen LogP contribution in [0.25, 0.3) is 0 Å². The lowest BCUT2D eigenvalue weighted by atomic mass is 9.99. The molecule has 0 bridgehead atoms. The van der Waals surface area contributed by atoms with Crippen molar-refractivity contribution in [3.8, 4) is 0 Å². The minimum atomic E-state index is -0.804. The van der Waals surface area contributed by atoms with E-state index in [0.717, 1.165) is 12.1 Å². The summed E-state index contributed by atoms with van der Waals surface area (Å²) in [6.45, 7) is 3.13. The second-order valence-corrected chi connectivity index (χ2v) is 5.04. The summed E-state index contributed by atoms with van der Waals surface area (Å²) in [4.78, 5) is 35.2. The van der Waals surface area contributed by atoms with Crippen LogP contribution in [0.5, 0.6) is 0 Å². The van der Waals surface area contributed by atoms with Gasteiger partial charge in [-0.05, 0) is 30.2 Å². The topological polar surface area (TPSA) is 81.7 Å². The molecular formula is C16H20FNO5. The molecule has 1 aromatic carbocycles. The van der Waals surface area contributed by atoms with E-state index >= 15 is 0 Å². The van der Waals surface area contributed by atoms with Crippen molar-refractivity contribution >= 4 is 17.8 Å². The highest BCUT2D eigenvalue weighted by molar-refractivity contribution is 5.92. The van der Waals surface area contributed by atoms with E-state index in [1.54, 1.807) is 6.92 Å². The zero-order valence-electron chi connectivity index (χ0n) is 13.3. The van der Waals surface area contributed by atoms with Crippen LogP contribution in [0.1, 0.15) is 30.6 Å². The Morgan fingerprint density at radius 1 is 1.22 bits per heavy atom. The molecule has 0 aliphatic rings. The maximum atomic E-state index is 12.8. The van der Waals surface area contributed by atoms with E-state index in [-0.39, 0.29) is 11.5 Å². The van der Waals surface area contributed by atoms with Crippen molar-refractivity contribution in [2.75, 3.05) is 13.7 Å². The number of benzene rings is 1. The largest absolute Gasteiger partial charge is 0.467 e. The third-order valence-corrected chi connectivity index (χ3v) is 3.40. The predicted molar refractivity (Wildman–Crippen MR) is 80.1 cm³/mol. The van der Waals surface area contributed by atoms with Gasteiger partial charge in [-0.2, -0.15) is 0 Å². The number of rotatable bonds is 7. The Morgan fingerprint density at radius 2 is 1.83 bits per heavy atom. The molecule has 0 saturated heterocycles. The van der Waals surface area contributed by atoms with Gasteiger partial charge in [-0.25, -0.2) is 14.0 Å². The van der Waals surface area contributed by atoms with Crippen LogP contribution in [-0.4, -0.2) is 37.6 Å². The van der Waals surface area contributed by atoms with Crippen LogP contribution >= 0.6 is 0 Å². The maximum Gasteiger partial charge on any atom is 0.338 e. The number of hydrogen-bond acceptors (Lipinski definition) is 5. The van der Waals surface area contributed by atoms with Crippen molar-refractivity contribution in [2.24, 2.45) is 5.92 Å². The van der Waals surface area contributed by atoms with Gasteiger partial charge < -0.3 is 14.8 Å². The molecule has 7 heteroatoms. The van der Waals surface area contributed by atoms with Gasteiger partial charge in [0.05, 0.1) is 12.7 Å². The molecule has 1 amide bonds. The van der Waals surface area contributed by atoms with Gasteiger partial charge in [0.1, 0.15) is 11.9 Å². The monoisotopic (exact) mass is 325 g/mol. The summed E-state index contributed by atoms with van der Waals surface area (Å²) in [7, 11) is 1.23. The molecule has 0 fully saturated rings. The number of carbonyl (C=O) groups is 3. The number of amides is 1. The first-order chi connectivity index (χ1) is 10.9. The van der Waals surface area contributed by atoms with E-state index in [4.69, 9.17) is 4.74 Å². The minimum absolute atomic E-state index is 0.126. The van der Waals surface area contributed by atoms with E-state index in [9.17, 15) is 18.8 Å². The number of hydrogen-bond donors (Lipinski definition) is 1. The standard InChI is InChI=1S/C16H20FNO5/c1-4-10(2)14(16(21)22-3)18-13(19)9-23-15(20)11-5-7-12(17)8-6-11/h5-8,10,14H,4,9H2,1-3H3,(H,18,19)/t10-,14-/m1/s1. The molecule has 1 aromatic rings. The van der Waals surface area contributed by atoms with E-state index in [1.165, 1.54) is 19.2 Å². The van der Waals surface area contributed by atoms with Gasteiger partial charge >= 0.3 is 11.9 Å². The van der Waals surface area contributed by atoms with Gasteiger partial charge in [0.15, 0.2) is 6.61 Å². The molecule has 126 valence electrons. The predicted octanol–water partition coefficient (Wildman–Crippen LogP) is 1.69. The number of ether oxygens (including phenoxy) is 2. The molecule has 2 atom stereocenters. The number of nitrogens with one attached hydrogen (secondary N) is 1. The van der Waals surface area contributed by atoms with Crippen molar-refractivity contribution in [1.82, 2.24) is 5.32 Å². The van der Waals surface area contributed by atoms with Crippen molar-refractivity contribution < 1.29 is 28.2 Å². The van der Waals surface area contributed by atoms with Crippen LogP contribution in [0.3, 0.4) is 0 Å². The highest BCUT2D eigenvalue weighted by Crippen LogP contribution is 2.09. The van der Waals surface area contributed by atoms with Crippen LogP contribution in [0.2, 0.25) is 0 Å². The molecule has 1 N–H and O–H groups in total. The van der Waals surface area contributed by atoms with Gasteiger partial charge in [0.25, 0.3) is 5.91 Å². The minimum Gasteiger partial charge on any atom is -0.467 e. The molecule has 0 spiro atoms. The van der Waals surface area contributed by atoms with Crippen LogP contribution in [0.15, 0.2) is 24.3 Å². The lowest BCUT2D eigenvalue weighted by Gasteiger charge is -2.21. The number of carbonyl (C=O) groups excluding carboxylic acids is 3. The maximum absolute atomic E-state index is 12.8. The average molecular weight is 325 g/mol. The Balaban J connectivity index is 2.56. The zero-order chi connectivity index (χ0) is 17.4. The Hall–Kier alpha value is -2.44. The van der Waals surface area contributed by atoms with Crippen LogP contribution < -0.4 is 5.32 Å². The smallest absolute Gasteiger partial charge is 0.338 e. The Morgan fingerprint density at radius 3 is 2.35 bits per heavy atom. The van der Waals surface area contributed by atoms with E-state index in [1.807, 2.05) is 6.92 Å². The average Bonchev–Trinajstić information content (AvgIpc) is 2.56. The fourth-order valence-corrected chi connectivity index (χ4v) is 1.81. The van der Waals surface area contributed by atoms with Gasteiger partial charge in [0, 0.05) is 0 Å². The fraction of sp³-hybridized carbons (Fsp3) is 0.438. The number of halogens is 1. The summed E-state index contributed by atoms with van der Waals surface area (Å²) in [6, 6.07) is 3.94. The van der Waals surface area contributed by atoms with Crippen LogP contribution in [0, 0.1) is 11.7 Å². The molecule has 0 aromatic heterocycles. The Kier molecular flexibility index (Phi) is 7.18. The molecule has 1 rings (SSSR count). The van der Waals surface area contributed by atoms with Crippen molar-refractivity contribution in [1.29, 1.82) is 0 Å². The SMILES string of the molecule is CC[C@@H](C)[C@@H](NC(=O)COC(=O)c1ccc(F)cc1)C(=O)OC. The molecule has 0 heterocycles. The summed E-state index contributed by atoms with van der Waals surface area (Å²) in [5.74, 6) is -2.53. The van der Waals surface area contributed by atoms with Gasteiger partial charge in [-0.15, -0.1) is 0 Å². The first-order valence-electron chi connectivity index (χ1n) is 7.18. The Labute approximate surface area is 134 Å². The summed E-state index contributed by atoms with van der Waals surface area (Å²) in [5, 5.41) is 2.48. The first-order valence-corrected chi connectivity index (χ1v) is 7.18. The molecule has 0 saturated carbocycles. The molecule has 0 aliphatic heterocycles. The highest BCUT2D eigenvalue weighted by atomic mass is 19.1. The number of esters is 2. The van der Waals surface area contributed by atoms with Gasteiger partial charge in [-0.1, -0.05) is 20.3 Å². The van der Waals surface area contributed by atoms with Crippen LogP contribution in [0.4, 0.5) is 4.39 Å². The molecule has 0 radical (unpaired) electrons. The van der Waals surface area contributed by atoms with E-state index < -0.39 is 36.3 Å². The third-order valence-electron chi connectivity index (χ3n) is 3.40. The van der Waals surface area contributed by atoms with E-state index in [2.05, 4.69) is 10.1 Å². The van der Waals surface area contributed by atoms with Crippen molar-refractivity contribution in [2.45, 2.75) is 26.3 Å². The second-order valence-electron chi connectivity index (χ2n) is 5.04. The molecule has 0 aliphatic carbocycles. The first kappa shape index (κ1) is 18.6.